The summed E-state index contributed by atoms with van der Waals surface area (Å²) in [5.74, 6) is -1.82. The van der Waals surface area contributed by atoms with Crippen molar-refractivity contribution < 1.29 is 34.8 Å². The molecule has 0 aliphatic rings. The van der Waals surface area contributed by atoms with Crippen LogP contribution in [0.3, 0.4) is 0 Å². The second-order valence-corrected chi connectivity index (χ2v) is 20.6. The molecule has 0 aliphatic carbocycles. The van der Waals surface area contributed by atoms with E-state index in [-0.39, 0.29) is 61.7 Å². The standard InChI is InChI=1S/C43H52ClN5O9S3/c1-3-4-5-6-7-8-9-10-11-19-30-59(52,53)45-28-29-49-41(46-36-24-17-15-22-34(36)43(49)51)40(60(54,55)32-20-13-12-14-21-32)42(50)47-38-31-33(26-27-39(38)58-2)61(56,57)48-37-25-18-16-23-35(37)44/h12-18,20-27,31,40,45,48H,3-11,19,28-30H2,1-2H3,(H,47,50). The van der Waals surface area contributed by atoms with Crippen LogP contribution >= 0.6 is 11.6 Å². The van der Waals surface area contributed by atoms with Crippen LogP contribution in [0.25, 0.3) is 10.9 Å². The highest BCUT2D eigenvalue weighted by Gasteiger charge is 2.40. The molecule has 5 aromatic rings. The molecular formula is C43H52ClN5O9S3. The molecule has 0 spiro atoms. The van der Waals surface area contributed by atoms with E-state index in [1.807, 2.05) is 0 Å². The van der Waals surface area contributed by atoms with E-state index < -0.39 is 52.4 Å². The van der Waals surface area contributed by atoms with E-state index in [4.69, 9.17) is 16.3 Å². The lowest BCUT2D eigenvalue weighted by molar-refractivity contribution is -0.116. The summed E-state index contributed by atoms with van der Waals surface area (Å²) >= 11 is 6.19. The lowest BCUT2D eigenvalue weighted by Crippen LogP contribution is -2.38. The van der Waals surface area contributed by atoms with Gasteiger partial charge in [-0.3, -0.25) is 18.9 Å². The highest BCUT2D eigenvalue weighted by molar-refractivity contribution is 7.93. The highest BCUT2D eigenvalue weighted by atomic mass is 35.5. The number of benzene rings is 4. The van der Waals surface area contributed by atoms with E-state index in [1.54, 1.807) is 30.3 Å². The number of aromatic nitrogens is 2. The lowest BCUT2D eigenvalue weighted by Gasteiger charge is -2.22. The summed E-state index contributed by atoms with van der Waals surface area (Å²) in [5, 5.41) is 0.566. The van der Waals surface area contributed by atoms with Gasteiger partial charge < -0.3 is 10.1 Å². The molecule has 0 aliphatic heterocycles. The molecule has 1 aromatic heterocycles. The molecule has 0 fully saturated rings. The first-order valence-corrected chi connectivity index (χ1v) is 25.3. The van der Waals surface area contributed by atoms with Crippen LogP contribution in [0.2, 0.25) is 5.02 Å². The number of hydrogen-bond donors (Lipinski definition) is 3. The predicted molar refractivity (Wildman–Crippen MR) is 240 cm³/mol. The number of nitrogens with one attached hydrogen (secondary N) is 3. The third-order valence-electron chi connectivity index (χ3n) is 10.0. The topological polar surface area (TPSA) is 200 Å². The Bertz CT molecular complexity index is 2680. The number of sulfonamides is 2. The Morgan fingerprint density at radius 1 is 0.754 bits per heavy atom. The van der Waals surface area contributed by atoms with Gasteiger partial charge in [-0.1, -0.05) is 119 Å². The summed E-state index contributed by atoms with van der Waals surface area (Å²) in [6.07, 6.45) is 10.4. The van der Waals surface area contributed by atoms with Crippen LogP contribution in [0.4, 0.5) is 11.4 Å². The molecular weight excluding hydrogens is 862 g/mol. The third kappa shape index (κ3) is 12.6. The highest BCUT2D eigenvalue weighted by Crippen LogP contribution is 2.34. The molecule has 1 unspecified atom stereocenters. The van der Waals surface area contributed by atoms with Gasteiger partial charge in [0.25, 0.3) is 21.5 Å². The number of anilines is 2. The van der Waals surface area contributed by atoms with Crippen molar-refractivity contribution in [2.24, 2.45) is 0 Å². The summed E-state index contributed by atoms with van der Waals surface area (Å²) in [7, 11) is -11.5. The summed E-state index contributed by atoms with van der Waals surface area (Å²) in [6, 6.07) is 23.1. The van der Waals surface area contributed by atoms with Gasteiger partial charge >= 0.3 is 0 Å². The summed E-state index contributed by atoms with van der Waals surface area (Å²) in [6.45, 7) is 1.50. The number of sulfone groups is 1. The van der Waals surface area contributed by atoms with Gasteiger partial charge in [0.05, 0.1) is 50.0 Å². The fourth-order valence-corrected chi connectivity index (χ4v) is 10.9. The molecule has 0 saturated heterocycles. The smallest absolute Gasteiger partial charge is 0.262 e. The van der Waals surface area contributed by atoms with Crippen LogP contribution in [-0.4, -0.2) is 60.1 Å². The van der Waals surface area contributed by atoms with Gasteiger partial charge in [0.15, 0.2) is 9.84 Å². The second kappa shape index (κ2) is 21.8. The van der Waals surface area contributed by atoms with Crippen LogP contribution < -0.4 is 25.1 Å². The first-order valence-electron chi connectivity index (χ1n) is 20.2. The molecule has 0 radical (unpaired) electrons. The number of carbonyl (C=O) groups is 1. The molecule has 3 N–H and O–H groups in total. The Kier molecular flexibility index (Phi) is 16.9. The zero-order valence-corrected chi connectivity index (χ0v) is 37.4. The Hall–Kier alpha value is -4.81. The van der Waals surface area contributed by atoms with Crippen molar-refractivity contribution in [1.82, 2.24) is 14.3 Å². The summed E-state index contributed by atoms with van der Waals surface area (Å²) in [5.41, 5.74) is -0.720. The fraction of sp³-hybridized carbons (Fsp3) is 0.372. The molecule has 1 atom stereocenters. The van der Waals surface area contributed by atoms with Gasteiger partial charge in [0.1, 0.15) is 11.6 Å². The van der Waals surface area contributed by atoms with Crippen molar-refractivity contribution in [3.05, 3.63) is 118 Å². The fourth-order valence-electron chi connectivity index (χ4n) is 6.81. The number of fused-ring (bicyclic) bond motifs is 1. The minimum absolute atomic E-state index is 0.0124. The molecule has 0 saturated carbocycles. The monoisotopic (exact) mass is 913 g/mol. The molecule has 328 valence electrons. The molecule has 1 heterocycles. The number of amides is 1. The average molecular weight is 915 g/mol. The van der Waals surface area contributed by atoms with E-state index >= 15 is 0 Å². The van der Waals surface area contributed by atoms with Gasteiger partial charge in [-0.15, -0.1) is 0 Å². The van der Waals surface area contributed by atoms with Crippen LogP contribution in [0.1, 0.15) is 82.2 Å². The molecule has 14 nitrogen and oxygen atoms in total. The number of unbranched alkanes of at least 4 members (excludes halogenated alkanes) is 9. The number of halogens is 1. The molecule has 0 bridgehead atoms. The van der Waals surface area contributed by atoms with E-state index in [1.165, 1.54) is 99.9 Å². The van der Waals surface area contributed by atoms with Crippen molar-refractivity contribution in [2.75, 3.05) is 29.4 Å². The second-order valence-electron chi connectivity index (χ2n) is 14.5. The maximum atomic E-state index is 14.6. The predicted octanol–water partition coefficient (Wildman–Crippen LogP) is 7.85. The quantitative estimate of drug-likeness (QED) is 0.0512. The van der Waals surface area contributed by atoms with Gasteiger partial charge in [0.2, 0.25) is 15.3 Å². The first-order chi connectivity index (χ1) is 29.2. The zero-order valence-electron chi connectivity index (χ0n) is 34.2. The number of rotatable bonds is 24. The minimum atomic E-state index is -4.73. The van der Waals surface area contributed by atoms with Crippen LogP contribution in [-0.2, 0) is 41.2 Å². The molecule has 4 aromatic carbocycles. The van der Waals surface area contributed by atoms with Crippen molar-refractivity contribution in [3.8, 4) is 5.75 Å². The van der Waals surface area contributed by atoms with Crippen LogP contribution in [0, 0.1) is 0 Å². The van der Waals surface area contributed by atoms with E-state index in [0.29, 0.717) is 6.42 Å². The van der Waals surface area contributed by atoms with Crippen molar-refractivity contribution in [3.63, 3.8) is 0 Å². The van der Waals surface area contributed by atoms with Crippen molar-refractivity contribution >= 4 is 69.7 Å². The molecule has 5 rings (SSSR count). The SMILES string of the molecule is CCCCCCCCCCCCS(=O)(=O)NCCn1c(C(C(=O)Nc2cc(S(=O)(=O)Nc3ccccc3Cl)ccc2OC)S(=O)(=O)c2ccccc2)nc2ccccc2c1=O. The minimum Gasteiger partial charge on any atom is -0.495 e. The Labute approximate surface area is 363 Å². The maximum absolute atomic E-state index is 14.6. The van der Waals surface area contributed by atoms with Crippen LogP contribution in [0.5, 0.6) is 5.75 Å². The Balaban J connectivity index is 1.45. The number of ether oxygens (including phenoxy) is 1. The van der Waals surface area contributed by atoms with Gasteiger partial charge in [0, 0.05) is 13.1 Å². The normalized spacial score (nSPS) is 12.6. The van der Waals surface area contributed by atoms with E-state index in [2.05, 4.69) is 26.7 Å². The molecule has 61 heavy (non-hydrogen) atoms. The first kappa shape index (κ1) is 47.2. The van der Waals surface area contributed by atoms with Gasteiger partial charge in [-0.25, -0.2) is 35.0 Å². The maximum Gasteiger partial charge on any atom is 0.262 e. The number of para-hydroxylation sites is 2. The summed E-state index contributed by atoms with van der Waals surface area (Å²) < 4.78 is 93.7. The number of methoxy groups -OCH3 is 1. The van der Waals surface area contributed by atoms with E-state index in [0.717, 1.165) is 36.3 Å². The lowest BCUT2D eigenvalue weighted by atomic mass is 10.1. The van der Waals surface area contributed by atoms with Gasteiger partial charge in [-0.2, -0.15) is 0 Å². The van der Waals surface area contributed by atoms with E-state index in [9.17, 15) is 34.8 Å². The zero-order chi connectivity index (χ0) is 44.0. The third-order valence-corrected chi connectivity index (χ3v) is 15.2. The number of carbonyl (C=O) groups excluding carboxylic acids is 1. The molecule has 1 amide bonds. The van der Waals surface area contributed by atoms with Crippen molar-refractivity contribution in [2.45, 2.75) is 92.7 Å². The Morgan fingerprint density at radius 2 is 1.38 bits per heavy atom. The Morgan fingerprint density at radius 3 is 2.05 bits per heavy atom. The van der Waals surface area contributed by atoms with Crippen molar-refractivity contribution in [1.29, 1.82) is 0 Å². The summed E-state index contributed by atoms with van der Waals surface area (Å²) in [4.78, 5) is 32.7. The average Bonchev–Trinajstić information content (AvgIpc) is 3.23. The number of nitrogens with zero attached hydrogens (tertiary/aromatic N) is 2. The number of hydrogen-bond acceptors (Lipinski definition) is 10. The van der Waals surface area contributed by atoms with Gasteiger partial charge in [-0.05, 0) is 61.0 Å². The largest absolute Gasteiger partial charge is 0.495 e. The molecule has 18 heteroatoms. The van der Waals surface area contributed by atoms with Crippen LogP contribution in [0.15, 0.2) is 112 Å².